The molecule has 16 nitrogen and oxygen atoms in total. The van der Waals surface area contributed by atoms with Gasteiger partial charge in [0.25, 0.3) is 11.8 Å². The molecule has 0 fully saturated rings. The Balaban J connectivity index is 1.52. The van der Waals surface area contributed by atoms with E-state index < -0.39 is 11.8 Å². The van der Waals surface area contributed by atoms with Crippen molar-refractivity contribution in [2.75, 3.05) is 34.4 Å². The summed E-state index contributed by atoms with van der Waals surface area (Å²) in [5, 5.41) is 13.1. The summed E-state index contributed by atoms with van der Waals surface area (Å²) in [6.07, 6.45) is 5.06. The molecule has 16 heteroatoms. The number of rotatable bonds is 16. The van der Waals surface area contributed by atoms with E-state index in [4.69, 9.17) is 22.9 Å². The van der Waals surface area contributed by atoms with Gasteiger partial charge in [-0.3, -0.25) is 19.2 Å². The Bertz CT molecular complexity index is 1840. The Labute approximate surface area is 302 Å². The van der Waals surface area contributed by atoms with E-state index in [2.05, 4.69) is 58.9 Å². The average Bonchev–Trinajstić information content (AvgIpc) is 3.68. The van der Waals surface area contributed by atoms with Crippen LogP contribution in [-0.4, -0.2) is 57.8 Å². The molecule has 0 aliphatic heterocycles. The molecule has 0 saturated heterocycles. The molecule has 4 amide bonds. The number of aryl methyl sites for hydroxylation is 2. The van der Waals surface area contributed by atoms with Gasteiger partial charge in [-0.05, 0) is 71.8 Å². The van der Waals surface area contributed by atoms with Crippen LogP contribution < -0.4 is 44.2 Å². The summed E-state index contributed by atoms with van der Waals surface area (Å²) in [5.41, 5.74) is 24.0. The molecule has 4 aromatic rings. The van der Waals surface area contributed by atoms with Gasteiger partial charge in [0, 0.05) is 36.9 Å². The number of nitrogens with zero attached hydrogens (tertiary/aromatic N) is 4. The zero-order valence-electron chi connectivity index (χ0n) is 29.9. The summed E-state index contributed by atoms with van der Waals surface area (Å²) in [4.78, 5) is 59.2. The van der Waals surface area contributed by atoms with Crippen LogP contribution in [0.4, 0.5) is 22.7 Å². The van der Waals surface area contributed by atoms with Crippen LogP contribution in [0.1, 0.15) is 61.5 Å². The van der Waals surface area contributed by atoms with Crippen molar-refractivity contribution in [1.29, 1.82) is 0 Å². The van der Waals surface area contributed by atoms with Crippen molar-refractivity contribution in [3.63, 3.8) is 0 Å². The van der Waals surface area contributed by atoms with Crippen LogP contribution in [0.3, 0.4) is 0 Å². The van der Waals surface area contributed by atoms with Crippen LogP contribution in [0.25, 0.3) is 10.8 Å². The molecular formula is C36H48N12O4. The van der Waals surface area contributed by atoms with Crippen molar-refractivity contribution in [2.45, 2.75) is 53.6 Å². The van der Waals surface area contributed by atoms with Crippen molar-refractivity contribution < 1.29 is 19.2 Å². The highest BCUT2D eigenvalue weighted by molar-refractivity contribution is 6.07. The van der Waals surface area contributed by atoms with Gasteiger partial charge in [0.1, 0.15) is 24.5 Å². The Morgan fingerprint density at radius 1 is 0.577 bits per heavy atom. The van der Waals surface area contributed by atoms with Crippen LogP contribution in [-0.2, 0) is 22.7 Å². The molecule has 0 unspecified atom stereocenters. The van der Waals surface area contributed by atoms with Crippen molar-refractivity contribution in [3.8, 4) is 0 Å². The van der Waals surface area contributed by atoms with E-state index in [-0.39, 0.29) is 36.8 Å². The first-order chi connectivity index (χ1) is 24.7. The monoisotopic (exact) mass is 712 g/mol. The molecule has 52 heavy (non-hydrogen) atoms. The Morgan fingerprint density at radius 3 is 1.35 bits per heavy atom. The van der Waals surface area contributed by atoms with Crippen molar-refractivity contribution >= 4 is 69.1 Å². The van der Waals surface area contributed by atoms with Gasteiger partial charge in [-0.1, -0.05) is 39.8 Å². The first-order valence-corrected chi connectivity index (χ1v) is 16.9. The van der Waals surface area contributed by atoms with Crippen LogP contribution in [0.5, 0.6) is 0 Å². The van der Waals surface area contributed by atoms with Gasteiger partial charge in [-0.15, -0.1) is 0 Å². The van der Waals surface area contributed by atoms with E-state index in [1.807, 2.05) is 24.3 Å². The number of anilines is 4. The predicted octanol–water partition coefficient (Wildman–Crippen LogP) is 3.46. The van der Waals surface area contributed by atoms with Crippen LogP contribution >= 0.6 is 0 Å². The van der Waals surface area contributed by atoms with E-state index in [9.17, 15) is 19.2 Å². The lowest BCUT2D eigenvalue weighted by Gasteiger charge is -2.13. The topological polar surface area (TPSA) is 255 Å². The Kier molecular flexibility index (Phi) is 13.0. The van der Waals surface area contributed by atoms with Crippen LogP contribution in [0.15, 0.2) is 70.9 Å². The molecule has 0 aliphatic rings. The quantitative estimate of drug-likeness (QED) is 0.0629. The highest BCUT2D eigenvalue weighted by Crippen LogP contribution is 2.25. The Morgan fingerprint density at radius 2 is 0.981 bits per heavy atom. The van der Waals surface area contributed by atoms with E-state index in [1.165, 1.54) is 0 Å². The van der Waals surface area contributed by atoms with Gasteiger partial charge in [0.2, 0.25) is 11.8 Å². The number of carbonyl (C=O) groups is 4. The van der Waals surface area contributed by atoms with Crippen molar-refractivity contribution in [2.24, 2.45) is 44.8 Å². The summed E-state index contributed by atoms with van der Waals surface area (Å²) in [6, 6.07) is 14.2. The number of hydrogen-bond donors (Lipinski definition) is 8. The molecule has 0 radical (unpaired) electrons. The summed E-state index contributed by atoms with van der Waals surface area (Å²) < 4.78 is 3.61. The third-order valence-corrected chi connectivity index (χ3v) is 7.89. The maximum atomic E-state index is 13.6. The molecule has 2 heterocycles. The zero-order chi connectivity index (χ0) is 37.9. The smallest absolute Gasteiger partial charge is 0.272 e. The highest BCUT2D eigenvalue weighted by atomic mass is 16.2. The lowest BCUT2D eigenvalue weighted by atomic mass is 10.1. The molecule has 2 aromatic heterocycles. The molecule has 0 aliphatic carbocycles. The lowest BCUT2D eigenvalue weighted by Crippen LogP contribution is -2.25. The molecule has 0 saturated carbocycles. The normalized spacial score (nSPS) is 11.0. The highest BCUT2D eigenvalue weighted by Gasteiger charge is 2.18. The molecule has 276 valence electrons. The van der Waals surface area contributed by atoms with Gasteiger partial charge in [0.15, 0.2) is 11.9 Å². The fourth-order valence-electron chi connectivity index (χ4n) is 5.22. The first-order valence-electron chi connectivity index (χ1n) is 16.9. The molecule has 2 aromatic carbocycles. The van der Waals surface area contributed by atoms with Crippen molar-refractivity contribution in [3.05, 3.63) is 72.3 Å². The number of amides is 4. The second-order valence-electron chi connectivity index (χ2n) is 13.2. The molecule has 0 bridgehead atoms. The van der Waals surface area contributed by atoms with E-state index in [1.54, 1.807) is 45.8 Å². The minimum absolute atomic E-state index is 0.194. The predicted molar refractivity (Wildman–Crippen MR) is 206 cm³/mol. The zero-order valence-corrected chi connectivity index (χ0v) is 29.9. The van der Waals surface area contributed by atoms with Gasteiger partial charge in [0.05, 0.1) is 11.4 Å². The maximum Gasteiger partial charge on any atom is 0.272 e. The molecule has 0 atom stereocenters. The SMILES string of the molecule is CC(C)CCn1cc(NC(=O)CN=C(N)N)cc1C(=O)Nc1ccc2ccc(NC(=O)c3cc(NC(=O)CN=C(N)N)cn3CCC(C)C)cc2c1. The number of guanidine groups is 2. The molecule has 12 N–H and O–H groups in total. The molecular weight excluding hydrogens is 664 g/mol. The number of aliphatic imine (C=N–C) groups is 2. The van der Waals surface area contributed by atoms with E-state index in [0.29, 0.717) is 59.1 Å². The summed E-state index contributed by atoms with van der Waals surface area (Å²) in [6.45, 7) is 9.01. The third kappa shape index (κ3) is 11.4. The van der Waals surface area contributed by atoms with E-state index >= 15 is 0 Å². The second-order valence-corrected chi connectivity index (χ2v) is 13.2. The fraction of sp³-hybridized carbons (Fsp3) is 0.333. The summed E-state index contributed by atoms with van der Waals surface area (Å²) >= 11 is 0. The number of hydrogen-bond acceptors (Lipinski definition) is 6. The van der Waals surface area contributed by atoms with Gasteiger partial charge >= 0.3 is 0 Å². The molecule has 4 rings (SSSR count). The van der Waals surface area contributed by atoms with Gasteiger partial charge in [-0.25, -0.2) is 9.98 Å². The van der Waals surface area contributed by atoms with Crippen LogP contribution in [0.2, 0.25) is 0 Å². The number of carbonyl (C=O) groups excluding carboxylic acids is 4. The molecule has 0 spiro atoms. The maximum absolute atomic E-state index is 13.6. The average molecular weight is 713 g/mol. The first kappa shape index (κ1) is 38.5. The second kappa shape index (κ2) is 17.6. The number of benzene rings is 2. The standard InChI is InChI=1S/C36H48N12O4/c1-21(2)9-11-47-19-27(43-31(49)17-41-35(37)38)15-29(47)33(51)45-25-7-5-23-6-8-26(14-24(23)13-25)46-34(52)30-16-28(20-48(30)12-10-22(3)4)44-32(50)18-42-36(39)40/h5-8,13-16,19-22H,9-12,17-18H2,1-4H3,(H,43,49)(H,44,50)(H,45,51)(H,46,52)(H4,37,38,41)(H4,39,40,42). The summed E-state index contributed by atoms with van der Waals surface area (Å²) in [7, 11) is 0. The number of nitrogens with one attached hydrogen (secondary N) is 4. The lowest BCUT2D eigenvalue weighted by molar-refractivity contribution is -0.115. The number of aromatic nitrogens is 2. The number of fused-ring (bicyclic) bond motifs is 1. The van der Waals surface area contributed by atoms with E-state index in [0.717, 1.165) is 23.6 Å². The summed E-state index contributed by atoms with van der Waals surface area (Å²) in [5.74, 6) is -1.17. The fourth-order valence-corrected chi connectivity index (χ4v) is 5.22. The van der Waals surface area contributed by atoms with Crippen molar-refractivity contribution in [1.82, 2.24) is 9.13 Å². The number of nitrogens with two attached hydrogens (primary N) is 4. The third-order valence-electron chi connectivity index (χ3n) is 7.89. The Hall–Kier alpha value is -6.32. The van der Waals surface area contributed by atoms with Crippen LogP contribution in [0, 0.1) is 11.8 Å². The largest absolute Gasteiger partial charge is 0.370 e. The minimum atomic E-state index is -0.422. The van der Waals surface area contributed by atoms with Gasteiger partial charge in [-0.2, -0.15) is 0 Å². The van der Waals surface area contributed by atoms with Gasteiger partial charge < -0.3 is 53.3 Å². The minimum Gasteiger partial charge on any atom is -0.370 e.